The van der Waals surface area contributed by atoms with E-state index in [9.17, 15) is 4.79 Å². The molecule has 3 nitrogen and oxygen atoms in total. The first-order chi connectivity index (χ1) is 7.29. The zero-order chi connectivity index (χ0) is 11.1. The van der Waals surface area contributed by atoms with Crippen molar-refractivity contribution in [3.63, 3.8) is 0 Å². The van der Waals surface area contributed by atoms with Crippen molar-refractivity contribution in [1.82, 2.24) is 10.6 Å². The third-order valence-electron chi connectivity index (χ3n) is 2.22. The SMILES string of the molecule is CCc1ccsc1C(=O)NCCCNC. The van der Waals surface area contributed by atoms with Crippen LogP contribution in [0.15, 0.2) is 11.4 Å². The Labute approximate surface area is 94.9 Å². The van der Waals surface area contributed by atoms with Gasteiger partial charge < -0.3 is 10.6 Å². The van der Waals surface area contributed by atoms with Crippen LogP contribution in [0, 0.1) is 0 Å². The van der Waals surface area contributed by atoms with Crippen LogP contribution in [0.25, 0.3) is 0 Å². The van der Waals surface area contributed by atoms with E-state index >= 15 is 0 Å². The fourth-order valence-electron chi connectivity index (χ4n) is 1.36. The van der Waals surface area contributed by atoms with Crippen LogP contribution in [-0.4, -0.2) is 26.0 Å². The van der Waals surface area contributed by atoms with Gasteiger partial charge in [0, 0.05) is 6.54 Å². The van der Waals surface area contributed by atoms with Crippen LogP contribution in [0.5, 0.6) is 0 Å². The summed E-state index contributed by atoms with van der Waals surface area (Å²) < 4.78 is 0. The number of carbonyl (C=O) groups is 1. The van der Waals surface area contributed by atoms with Crippen LogP contribution in [0.1, 0.15) is 28.6 Å². The largest absolute Gasteiger partial charge is 0.351 e. The molecule has 1 aromatic rings. The van der Waals surface area contributed by atoms with Crippen molar-refractivity contribution in [3.8, 4) is 0 Å². The average Bonchev–Trinajstić information content (AvgIpc) is 2.72. The molecule has 1 heterocycles. The number of rotatable bonds is 6. The maximum Gasteiger partial charge on any atom is 0.261 e. The Kier molecular flexibility index (Phi) is 5.36. The maximum absolute atomic E-state index is 11.7. The van der Waals surface area contributed by atoms with Crippen molar-refractivity contribution in [1.29, 1.82) is 0 Å². The maximum atomic E-state index is 11.7. The van der Waals surface area contributed by atoms with Gasteiger partial charge in [0.25, 0.3) is 5.91 Å². The molecule has 0 aliphatic rings. The molecule has 0 bridgehead atoms. The minimum Gasteiger partial charge on any atom is -0.351 e. The number of hydrogen-bond acceptors (Lipinski definition) is 3. The Morgan fingerprint density at radius 1 is 1.47 bits per heavy atom. The van der Waals surface area contributed by atoms with E-state index in [4.69, 9.17) is 0 Å². The van der Waals surface area contributed by atoms with E-state index < -0.39 is 0 Å². The second kappa shape index (κ2) is 6.58. The van der Waals surface area contributed by atoms with Gasteiger partial charge in [0.2, 0.25) is 0 Å². The van der Waals surface area contributed by atoms with E-state index in [0.29, 0.717) is 0 Å². The van der Waals surface area contributed by atoms with E-state index in [1.165, 1.54) is 11.3 Å². The third-order valence-corrected chi connectivity index (χ3v) is 3.18. The summed E-state index contributed by atoms with van der Waals surface area (Å²) in [6.45, 7) is 3.74. The minimum absolute atomic E-state index is 0.0675. The van der Waals surface area contributed by atoms with E-state index in [1.807, 2.05) is 18.5 Å². The van der Waals surface area contributed by atoms with Crippen molar-refractivity contribution in [2.75, 3.05) is 20.1 Å². The van der Waals surface area contributed by atoms with Gasteiger partial charge in [-0.3, -0.25) is 4.79 Å². The molecule has 0 aromatic carbocycles. The number of hydrogen-bond donors (Lipinski definition) is 2. The first-order valence-electron chi connectivity index (χ1n) is 5.28. The molecule has 0 radical (unpaired) electrons. The van der Waals surface area contributed by atoms with Crippen molar-refractivity contribution in [2.24, 2.45) is 0 Å². The van der Waals surface area contributed by atoms with Gasteiger partial charge in [-0.2, -0.15) is 0 Å². The second-order valence-corrected chi connectivity index (χ2v) is 4.26. The second-order valence-electron chi connectivity index (χ2n) is 3.34. The molecule has 1 aromatic heterocycles. The zero-order valence-electron chi connectivity index (χ0n) is 9.30. The van der Waals surface area contributed by atoms with Crippen molar-refractivity contribution >= 4 is 17.2 Å². The standard InChI is InChI=1S/C11H18N2OS/c1-3-9-5-8-15-10(9)11(14)13-7-4-6-12-2/h5,8,12H,3-4,6-7H2,1-2H3,(H,13,14). The lowest BCUT2D eigenvalue weighted by Gasteiger charge is -2.04. The summed E-state index contributed by atoms with van der Waals surface area (Å²) in [5, 5.41) is 7.95. The molecule has 0 saturated carbocycles. The molecule has 1 rings (SSSR count). The molecule has 0 spiro atoms. The molecule has 84 valence electrons. The summed E-state index contributed by atoms with van der Waals surface area (Å²) in [6, 6.07) is 2.02. The number of aryl methyl sites for hydroxylation is 1. The molecule has 0 saturated heterocycles. The van der Waals surface area contributed by atoms with Crippen LogP contribution in [0.2, 0.25) is 0 Å². The molecule has 0 atom stereocenters. The van der Waals surface area contributed by atoms with Gasteiger partial charge in [-0.05, 0) is 43.4 Å². The van der Waals surface area contributed by atoms with Crippen LogP contribution < -0.4 is 10.6 Å². The summed E-state index contributed by atoms with van der Waals surface area (Å²) in [5.74, 6) is 0.0675. The highest BCUT2D eigenvalue weighted by molar-refractivity contribution is 7.12. The highest BCUT2D eigenvalue weighted by atomic mass is 32.1. The fraction of sp³-hybridized carbons (Fsp3) is 0.545. The number of amides is 1. The summed E-state index contributed by atoms with van der Waals surface area (Å²) in [7, 11) is 1.91. The minimum atomic E-state index is 0.0675. The van der Waals surface area contributed by atoms with Gasteiger partial charge in [-0.1, -0.05) is 6.92 Å². The topological polar surface area (TPSA) is 41.1 Å². The highest BCUT2D eigenvalue weighted by Gasteiger charge is 2.10. The summed E-state index contributed by atoms with van der Waals surface area (Å²) in [5.41, 5.74) is 1.14. The summed E-state index contributed by atoms with van der Waals surface area (Å²) >= 11 is 1.52. The van der Waals surface area contributed by atoms with E-state index in [2.05, 4.69) is 17.6 Å². The van der Waals surface area contributed by atoms with Crippen LogP contribution in [0.4, 0.5) is 0 Å². The predicted molar refractivity (Wildman–Crippen MR) is 64.6 cm³/mol. The van der Waals surface area contributed by atoms with Crippen LogP contribution >= 0.6 is 11.3 Å². The Morgan fingerprint density at radius 2 is 2.27 bits per heavy atom. The smallest absolute Gasteiger partial charge is 0.261 e. The van der Waals surface area contributed by atoms with Gasteiger partial charge in [0.1, 0.15) is 0 Å². The van der Waals surface area contributed by atoms with Crippen molar-refractivity contribution in [2.45, 2.75) is 19.8 Å². The predicted octanol–water partition coefficient (Wildman–Crippen LogP) is 1.65. The highest BCUT2D eigenvalue weighted by Crippen LogP contribution is 2.16. The molecule has 0 fully saturated rings. The molecular formula is C11H18N2OS. The van der Waals surface area contributed by atoms with E-state index in [-0.39, 0.29) is 5.91 Å². The lowest BCUT2D eigenvalue weighted by Crippen LogP contribution is -2.26. The Hall–Kier alpha value is -0.870. The molecule has 2 N–H and O–H groups in total. The molecule has 0 aliphatic carbocycles. The van der Waals surface area contributed by atoms with Crippen LogP contribution in [0.3, 0.4) is 0 Å². The molecule has 15 heavy (non-hydrogen) atoms. The Bertz CT molecular complexity index is 309. The Balaban J connectivity index is 2.40. The first kappa shape index (κ1) is 12.2. The molecular weight excluding hydrogens is 208 g/mol. The zero-order valence-corrected chi connectivity index (χ0v) is 10.1. The van der Waals surface area contributed by atoms with Crippen LogP contribution in [-0.2, 0) is 6.42 Å². The van der Waals surface area contributed by atoms with Gasteiger partial charge >= 0.3 is 0 Å². The summed E-state index contributed by atoms with van der Waals surface area (Å²) in [4.78, 5) is 12.6. The molecule has 1 amide bonds. The fourth-order valence-corrected chi connectivity index (χ4v) is 2.27. The third kappa shape index (κ3) is 3.64. The van der Waals surface area contributed by atoms with Crippen molar-refractivity contribution in [3.05, 3.63) is 21.9 Å². The summed E-state index contributed by atoms with van der Waals surface area (Å²) in [6.07, 6.45) is 1.89. The van der Waals surface area contributed by atoms with Gasteiger partial charge in [0.15, 0.2) is 0 Å². The number of nitrogens with one attached hydrogen (secondary N) is 2. The van der Waals surface area contributed by atoms with Gasteiger partial charge in [-0.15, -0.1) is 11.3 Å². The lowest BCUT2D eigenvalue weighted by atomic mass is 10.2. The molecule has 4 heteroatoms. The quantitative estimate of drug-likeness (QED) is 0.724. The van der Waals surface area contributed by atoms with E-state index in [1.54, 1.807) is 0 Å². The Morgan fingerprint density at radius 3 is 2.93 bits per heavy atom. The number of thiophene rings is 1. The molecule has 0 unspecified atom stereocenters. The normalized spacial score (nSPS) is 10.3. The molecule has 0 aliphatic heterocycles. The van der Waals surface area contributed by atoms with Gasteiger partial charge in [0.05, 0.1) is 4.88 Å². The number of carbonyl (C=O) groups excluding carboxylic acids is 1. The first-order valence-corrected chi connectivity index (χ1v) is 6.16. The van der Waals surface area contributed by atoms with Crippen molar-refractivity contribution < 1.29 is 4.79 Å². The average molecular weight is 226 g/mol. The van der Waals surface area contributed by atoms with Gasteiger partial charge in [-0.25, -0.2) is 0 Å². The monoisotopic (exact) mass is 226 g/mol. The van der Waals surface area contributed by atoms with E-state index in [0.717, 1.165) is 36.4 Å². The lowest BCUT2D eigenvalue weighted by molar-refractivity contribution is 0.0956.